The second kappa shape index (κ2) is 7.23. The second-order valence-electron chi connectivity index (χ2n) is 6.09. The lowest BCUT2D eigenvalue weighted by Gasteiger charge is -2.24. The number of hydrogen-bond acceptors (Lipinski definition) is 5. The molecule has 2 amide bonds. The highest BCUT2D eigenvalue weighted by atomic mass is 32.1. The summed E-state index contributed by atoms with van der Waals surface area (Å²) in [7, 11) is 0. The molecular weight excluding hydrogens is 338 g/mol. The Labute approximate surface area is 150 Å². The van der Waals surface area contributed by atoms with Crippen LogP contribution >= 0.6 is 11.3 Å². The topological polar surface area (TPSA) is 71.5 Å². The number of anilines is 1. The Morgan fingerprint density at radius 2 is 2.00 bits per heavy atom. The Bertz CT molecular complexity index is 796. The van der Waals surface area contributed by atoms with Crippen LogP contribution in [0.4, 0.5) is 9.93 Å². The molecule has 2 aromatic rings. The minimum absolute atomic E-state index is 0.167. The molecule has 25 heavy (non-hydrogen) atoms. The van der Waals surface area contributed by atoms with Gasteiger partial charge in [0.15, 0.2) is 5.13 Å². The van der Waals surface area contributed by atoms with Crippen LogP contribution in [-0.2, 0) is 17.7 Å². The van der Waals surface area contributed by atoms with Gasteiger partial charge in [-0.3, -0.25) is 10.1 Å². The van der Waals surface area contributed by atoms with Crippen molar-refractivity contribution in [3.8, 4) is 0 Å². The van der Waals surface area contributed by atoms with Crippen molar-refractivity contribution >= 4 is 28.5 Å². The number of carbonyl (C=O) groups excluding carboxylic acids is 2. The molecule has 0 fully saturated rings. The minimum Gasteiger partial charge on any atom is -0.450 e. The quantitative estimate of drug-likeness (QED) is 0.910. The first kappa shape index (κ1) is 17.4. The van der Waals surface area contributed by atoms with Gasteiger partial charge < -0.3 is 9.64 Å². The molecular formula is C18H21N3O3S. The molecule has 6 nitrogen and oxygen atoms in total. The SMILES string of the molecule is CCOC(=O)N1CCc2nc(NC(=O)c3cc(C)cc(C)c3)sc2C1. The minimum atomic E-state index is -0.303. The lowest BCUT2D eigenvalue weighted by molar-refractivity contribution is 0.102. The molecule has 0 aliphatic carbocycles. The molecule has 7 heteroatoms. The summed E-state index contributed by atoms with van der Waals surface area (Å²) in [5.41, 5.74) is 3.67. The van der Waals surface area contributed by atoms with Crippen LogP contribution in [-0.4, -0.2) is 35.0 Å². The number of ether oxygens (including phenoxy) is 1. The average molecular weight is 359 g/mol. The molecule has 0 spiro atoms. The molecule has 2 heterocycles. The molecule has 0 saturated carbocycles. The molecule has 0 saturated heterocycles. The Hall–Kier alpha value is -2.41. The number of rotatable bonds is 3. The van der Waals surface area contributed by atoms with Crippen molar-refractivity contribution in [1.29, 1.82) is 0 Å². The smallest absolute Gasteiger partial charge is 0.410 e. The molecule has 0 radical (unpaired) electrons. The van der Waals surface area contributed by atoms with Crippen LogP contribution in [0.15, 0.2) is 18.2 Å². The van der Waals surface area contributed by atoms with Crippen LogP contribution in [0.25, 0.3) is 0 Å². The van der Waals surface area contributed by atoms with Gasteiger partial charge in [-0.2, -0.15) is 0 Å². The third-order valence-corrected chi connectivity index (χ3v) is 4.96. The van der Waals surface area contributed by atoms with E-state index in [0.717, 1.165) is 21.7 Å². The molecule has 1 aromatic heterocycles. The van der Waals surface area contributed by atoms with E-state index in [1.165, 1.54) is 11.3 Å². The Kier molecular flexibility index (Phi) is 5.03. The number of aromatic nitrogens is 1. The maximum atomic E-state index is 12.5. The molecule has 0 unspecified atom stereocenters. The monoisotopic (exact) mass is 359 g/mol. The zero-order chi connectivity index (χ0) is 18.0. The number of carbonyl (C=O) groups is 2. The van der Waals surface area contributed by atoms with E-state index < -0.39 is 0 Å². The van der Waals surface area contributed by atoms with Crippen molar-refractivity contribution in [3.05, 3.63) is 45.5 Å². The van der Waals surface area contributed by atoms with Gasteiger partial charge in [-0.05, 0) is 32.9 Å². The number of aryl methyl sites for hydroxylation is 2. The standard InChI is InChI=1S/C18H21N3O3S/c1-4-24-18(23)21-6-5-14-15(10-21)25-17(19-14)20-16(22)13-8-11(2)7-12(3)9-13/h7-9H,4-6,10H2,1-3H3,(H,19,20,22). The van der Waals surface area contributed by atoms with E-state index in [-0.39, 0.29) is 12.0 Å². The van der Waals surface area contributed by atoms with Gasteiger partial charge in [-0.15, -0.1) is 0 Å². The second-order valence-corrected chi connectivity index (χ2v) is 7.17. The molecule has 0 bridgehead atoms. The Balaban J connectivity index is 1.71. The van der Waals surface area contributed by atoms with Gasteiger partial charge >= 0.3 is 6.09 Å². The van der Waals surface area contributed by atoms with E-state index in [0.29, 0.717) is 36.8 Å². The normalized spacial score (nSPS) is 13.3. The number of thiazole rings is 1. The van der Waals surface area contributed by atoms with Crippen LogP contribution in [0.3, 0.4) is 0 Å². The van der Waals surface area contributed by atoms with E-state index in [2.05, 4.69) is 10.3 Å². The fraction of sp³-hybridized carbons (Fsp3) is 0.389. The third-order valence-electron chi connectivity index (χ3n) is 3.96. The number of nitrogens with zero attached hydrogens (tertiary/aromatic N) is 2. The van der Waals surface area contributed by atoms with Crippen molar-refractivity contribution in [3.63, 3.8) is 0 Å². The predicted molar refractivity (Wildman–Crippen MR) is 97.1 cm³/mol. The van der Waals surface area contributed by atoms with Gasteiger partial charge in [-0.1, -0.05) is 28.5 Å². The summed E-state index contributed by atoms with van der Waals surface area (Å²) in [4.78, 5) is 31.5. The van der Waals surface area contributed by atoms with Gasteiger partial charge in [0.25, 0.3) is 5.91 Å². The lowest BCUT2D eigenvalue weighted by atomic mass is 10.1. The first-order valence-electron chi connectivity index (χ1n) is 8.26. The summed E-state index contributed by atoms with van der Waals surface area (Å²) in [5, 5.41) is 3.44. The summed E-state index contributed by atoms with van der Waals surface area (Å²) in [6.07, 6.45) is 0.367. The van der Waals surface area contributed by atoms with Gasteiger partial charge in [0.05, 0.1) is 18.8 Å². The van der Waals surface area contributed by atoms with Crippen LogP contribution < -0.4 is 5.32 Å². The maximum absolute atomic E-state index is 12.5. The highest BCUT2D eigenvalue weighted by molar-refractivity contribution is 7.15. The summed E-state index contributed by atoms with van der Waals surface area (Å²) < 4.78 is 5.05. The van der Waals surface area contributed by atoms with Gasteiger partial charge in [0, 0.05) is 23.4 Å². The molecule has 0 atom stereocenters. The van der Waals surface area contributed by atoms with Gasteiger partial charge in [-0.25, -0.2) is 9.78 Å². The summed E-state index contributed by atoms with van der Waals surface area (Å²) in [5.74, 6) is -0.167. The van der Waals surface area contributed by atoms with Crippen molar-refractivity contribution < 1.29 is 14.3 Å². The lowest BCUT2D eigenvalue weighted by Crippen LogP contribution is -2.35. The van der Waals surface area contributed by atoms with E-state index in [9.17, 15) is 9.59 Å². The molecule has 132 valence electrons. The first-order valence-corrected chi connectivity index (χ1v) is 9.08. The number of benzene rings is 1. The first-order chi connectivity index (χ1) is 12.0. The number of nitrogens with one attached hydrogen (secondary N) is 1. The van der Waals surface area contributed by atoms with Gasteiger partial charge in [0.1, 0.15) is 0 Å². The zero-order valence-corrected chi connectivity index (χ0v) is 15.4. The highest BCUT2D eigenvalue weighted by Crippen LogP contribution is 2.29. The zero-order valence-electron chi connectivity index (χ0n) is 14.6. The van der Waals surface area contributed by atoms with E-state index >= 15 is 0 Å². The molecule has 1 aliphatic rings. The van der Waals surface area contributed by atoms with E-state index in [1.807, 2.05) is 32.0 Å². The van der Waals surface area contributed by atoms with Crippen molar-refractivity contribution in [2.24, 2.45) is 0 Å². The van der Waals surface area contributed by atoms with Gasteiger partial charge in [0.2, 0.25) is 0 Å². The highest BCUT2D eigenvalue weighted by Gasteiger charge is 2.25. The van der Waals surface area contributed by atoms with Crippen LogP contribution in [0, 0.1) is 13.8 Å². The van der Waals surface area contributed by atoms with Crippen molar-refractivity contribution in [1.82, 2.24) is 9.88 Å². The number of hydrogen-bond donors (Lipinski definition) is 1. The maximum Gasteiger partial charge on any atom is 0.410 e. The average Bonchev–Trinajstić information content (AvgIpc) is 2.95. The van der Waals surface area contributed by atoms with Crippen LogP contribution in [0.5, 0.6) is 0 Å². The summed E-state index contributed by atoms with van der Waals surface area (Å²) in [6.45, 7) is 7.15. The number of amides is 2. The fourth-order valence-electron chi connectivity index (χ4n) is 2.89. The summed E-state index contributed by atoms with van der Waals surface area (Å²) >= 11 is 1.41. The third kappa shape index (κ3) is 3.99. The van der Waals surface area contributed by atoms with Crippen molar-refractivity contribution in [2.45, 2.75) is 33.7 Å². The largest absolute Gasteiger partial charge is 0.450 e. The molecule has 1 aliphatic heterocycles. The van der Waals surface area contributed by atoms with Crippen LogP contribution in [0.2, 0.25) is 0 Å². The van der Waals surface area contributed by atoms with Crippen LogP contribution in [0.1, 0.15) is 39.0 Å². The fourth-order valence-corrected chi connectivity index (χ4v) is 3.91. The van der Waals surface area contributed by atoms with E-state index in [4.69, 9.17) is 4.74 Å². The number of fused-ring (bicyclic) bond motifs is 1. The Morgan fingerprint density at radius 3 is 2.68 bits per heavy atom. The predicted octanol–water partition coefficient (Wildman–Crippen LogP) is 3.53. The molecule has 1 N–H and O–H groups in total. The van der Waals surface area contributed by atoms with Crippen molar-refractivity contribution in [2.75, 3.05) is 18.5 Å². The Morgan fingerprint density at radius 1 is 1.28 bits per heavy atom. The van der Waals surface area contributed by atoms with E-state index in [1.54, 1.807) is 11.8 Å². The molecule has 3 rings (SSSR count). The summed E-state index contributed by atoms with van der Waals surface area (Å²) in [6, 6.07) is 5.75. The molecule has 1 aromatic carbocycles.